The summed E-state index contributed by atoms with van der Waals surface area (Å²) in [6.07, 6.45) is 15.0. The van der Waals surface area contributed by atoms with Gasteiger partial charge in [-0.3, -0.25) is 4.79 Å². The molecule has 4 fully saturated rings. The second-order valence-electron chi connectivity index (χ2n) is 12.3. The summed E-state index contributed by atoms with van der Waals surface area (Å²) in [6.45, 7) is 4.41. The maximum atomic E-state index is 12.7. The molecule has 5 rings (SSSR count). The van der Waals surface area contributed by atoms with Crippen LogP contribution in [-0.4, -0.2) is 70.7 Å². The van der Waals surface area contributed by atoms with Crippen LogP contribution in [0.5, 0.6) is 0 Å². The molecule has 5 aliphatic rings. The van der Waals surface area contributed by atoms with Crippen molar-refractivity contribution in [1.82, 2.24) is 4.90 Å². The molecule has 0 aromatic heterocycles. The zero-order valence-electron chi connectivity index (χ0n) is 22.2. The van der Waals surface area contributed by atoms with E-state index < -0.39 is 23.7 Å². The van der Waals surface area contributed by atoms with Crippen LogP contribution in [0.3, 0.4) is 0 Å². The summed E-state index contributed by atoms with van der Waals surface area (Å²) >= 11 is 0. The molecule has 0 aromatic carbocycles. The number of hydrogen-bond acceptors (Lipinski definition) is 7. The van der Waals surface area contributed by atoms with Crippen LogP contribution in [0, 0.1) is 40.9 Å². The van der Waals surface area contributed by atoms with E-state index in [4.69, 9.17) is 16.0 Å². The summed E-state index contributed by atoms with van der Waals surface area (Å²) in [5, 5.41) is 25.4. The number of oxime groups is 1. The van der Waals surface area contributed by atoms with Crippen LogP contribution in [0.1, 0.15) is 71.6 Å². The third kappa shape index (κ3) is 4.10. The number of carbonyl (C=O) groups excluding carboxylic acids is 2. The van der Waals surface area contributed by atoms with Crippen molar-refractivity contribution in [2.45, 2.75) is 89.4 Å². The molecule has 202 valence electrons. The minimum atomic E-state index is -0.981. The van der Waals surface area contributed by atoms with Gasteiger partial charge in [0.1, 0.15) is 11.6 Å². The summed E-state index contributed by atoms with van der Waals surface area (Å²) in [7, 11) is 1.27. The third-order valence-corrected chi connectivity index (χ3v) is 10.8. The molecule has 1 heterocycles. The number of nitrogens with zero attached hydrogens (tertiary/aromatic N) is 2. The molecule has 37 heavy (non-hydrogen) atoms. The minimum absolute atomic E-state index is 0.0856. The van der Waals surface area contributed by atoms with Gasteiger partial charge in [0.15, 0.2) is 6.61 Å². The average molecular weight is 513 g/mol. The summed E-state index contributed by atoms with van der Waals surface area (Å²) in [6, 6.07) is -0.787. The number of ether oxygens (including phenoxy) is 1. The molecule has 8 atom stereocenters. The largest absolute Gasteiger partial charge is 0.467 e. The first-order chi connectivity index (χ1) is 17.6. The first-order valence-electron chi connectivity index (χ1n) is 13.7. The van der Waals surface area contributed by atoms with Gasteiger partial charge in [0, 0.05) is 18.4 Å². The Morgan fingerprint density at radius 2 is 1.95 bits per heavy atom. The van der Waals surface area contributed by atoms with E-state index >= 15 is 0 Å². The quantitative estimate of drug-likeness (QED) is 0.341. The maximum absolute atomic E-state index is 12.7. The van der Waals surface area contributed by atoms with Crippen LogP contribution < -0.4 is 0 Å². The molecule has 8 heteroatoms. The Kier molecular flexibility index (Phi) is 6.69. The SMILES string of the molecule is C#C[C@@]1(O)CCC2C3CCC4=C/C(=N\OCC(=O)N5CC(O)CC5C(=O)OC)CC[C@]4(C)C3CC[C@@]21C. The first-order valence-corrected chi connectivity index (χ1v) is 13.7. The lowest BCUT2D eigenvalue weighted by molar-refractivity contribution is -0.152. The number of amides is 1. The van der Waals surface area contributed by atoms with E-state index in [1.807, 2.05) is 0 Å². The number of hydrogen-bond donors (Lipinski definition) is 2. The lowest BCUT2D eigenvalue weighted by atomic mass is 9.46. The summed E-state index contributed by atoms with van der Waals surface area (Å²) < 4.78 is 4.76. The fourth-order valence-corrected chi connectivity index (χ4v) is 8.60. The van der Waals surface area contributed by atoms with Crippen molar-refractivity contribution in [2.75, 3.05) is 20.3 Å². The van der Waals surface area contributed by atoms with Crippen molar-refractivity contribution < 1.29 is 29.4 Å². The van der Waals surface area contributed by atoms with E-state index in [1.165, 1.54) is 17.6 Å². The van der Waals surface area contributed by atoms with Gasteiger partial charge in [-0.15, -0.1) is 6.42 Å². The Bertz CT molecular complexity index is 1060. The number of aliphatic hydroxyl groups excluding tert-OH is 1. The fourth-order valence-electron chi connectivity index (χ4n) is 8.60. The van der Waals surface area contributed by atoms with Gasteiger partial charge < -0.3 is 24.7 Å². The topological polar surface area (TPSA) is 109 Å². The molecule has 5 unspecified atom stereocenters. The Hall–Kier alpha value is -2.37. The fraction of sp³-hybridized carbons (Fsp3) is 0.759. The zero-order valence-corrected chi connectivity index (χ0v) is 22.2. The number of aliphatic hydroxyl groups is 2. The Morgan fingerprint density at radius 1 is 1.19 bits per heavy atom. The molecule has 4 aliphatic carbocycles. The highest BCUT2D eigenvalue weighted by molar-refractivity contribution is 5.96. The smallest absolute Gasteiger partial charge is 0.328 e. The van der Waals surface area contributed by atoms with Crippen LogP contribution in [-0.2, 0) is 19.2 Å². The normalized spacial score (nSPS) is 43.8. The van der Waals surface area contributed by atoms with E-state index in [9.17, 15) is 19.8 Å². The maximum Gasteiger partial charge on any atom is 0.328 e. The van der Waals surface area contributed by atoms with Crippen molar-refractivity contribution in [3.63, 3.8) is 0 Å². The molecule has 8 nitrogen and oxygen atoms in total. The van der Waals surface area contributed by atoms with Crippen molar-refractivity contribution in [3.8, 4) is 12.3 Å². The van der Waals surface area contributed by atoms with Crippen LogP contribution >= 0.6 is 0 Å². The van der Waals surface area contributed by atoms with Crippen molar-refractivity contribution in [3.05, 3.63) is 11.6 Å². The van der Waals surface area contributed by atoms with E-state index in [2.05, 4.69) is 31.0 Å². The highest BCUT2D eigenvalue weighted by atomic mass is 16.6. The molecule has 1 saturated heterocycles. The molecule has 3 saturated carbocycles. The zero-order chi connectivity index (χ0) is 26.6. The van der Waals surface area contributed by atoms with Gasteiger partial charge in [0.05, 0.1) is 18.9 Å². The molecule has 0 spiro atoms. The van der Waals surface area contributed by atoms with Gasteiger partial charge in [-0.1, -0.05) is 30.5 Å². The molecular weight excluding hydrogens is 472 g/mol. The third-order valence-electron chi connectivity index (χ3n) is 10.8. The van der Waals surface area contributed by atoms with Gasteiger partial charge in [-0.05, 0) is 80.6 Å². The van der Waals surface area contributed by atoms with Crippen LogP contribution in [0.25, 0.3) is 0 Å². The summed E-state index contributed by atoms with van der Waals surface area (Å²) in [4.78, 5) is 31.4. The lowest BCUT2D eigenvalue weighted by Gasteiger charge is -2.58. The summed E-state index contributed by atoms with van der Waals surface area (Å²) in [5.41, 5.74) is 1.18. The van der Waals surface area contributed by atoms with Gasteiger partial charge in [-0.2, -0.15) is 0 Å². The second kappa shape index (κ2) is 9.43. The highest BCUT2D eigenvalue weighted by Crippen LogP contribution is 2.67. The van der Waals surface area contributed by atoms with Crippen molar-refractivity contribution in [2.24, 2.45) is 33.7 Å². The van der Waals surface area contributed by atoms with E-state index in [0.29, 0.717) is 24.2 Å². The molecule has 0 radical (unpaired) electrons. The number of allylic oxidation sites excluding steroid dienone is 2. The van der Waals surface area contributed by atoms with E-state index in [1.54, 1.807) is 0 Å². The van der Waals surface area contributed by atoms with Crippen LogP contribution in [0.2, 0.25) is 0 Å². The first kappa shape index (κ1) is 26.2. The molecule has 0 bridgehead atoms. The summed E-state index contributed by atoms with van der Waals surface area (Å²) in [5.74, 6) is 3.45. The van der Waals surface area contributed by atoms with E-state index in [0.717, 1.165) is 50.7 Å². The predicted octanol–water partition coefficient (Wildman–Crippen LogP) is 2.82. The monoisotopic (exact) mass is 512 g/mol. The van der Waals surface area contributed by atoms with Crippen molar-refractivity contribution in [1.29, 1.82) is 0 Å². The molecule has 1 amide bonds. The predicted molar refractivity (Wildman–Crippen MR) is 137 cm³/mol. The van der Waals surface area contributed by atoms with Crippen LogP contribution in [0.15, 0.2) is 16.8 Å². The van der Waals surface area contributed by atoms with E-state index in [-0.39, 0.29) is 36.3 Å². The number of likely N-dealkylation sites (tertiary alicyclic amines) is 1. The lowest BCUT2D eigenvalue weighted by Crippen LogP contribution is -2.54. The highest BCUT2D eigenvalue weighted by Gasteiger charge is 2.63. The van der Waals surface area contributed by atoms with Gasteiger partial charge in [0.25, 0.3) is 5.91 Å². The minimum Gasteiger partial charge on any atom is -0.467 e. The van der Waals surface area contributed by atoms with Gasteiger partial charge in [-0.25, -0.2) is 4.79 Å². The van der Waals surface area contributed by atoms with Crippen molar-refractivity contribution >= 4 is 17.6 Å². The Balaban J connectivity index is 1.24. The van der Waals surface area contributed by atoms with Gasteiger partial charge in [0.2, 0.25) is 0 Å². The number of rotatable bonds is 4. The molecule has 1 aliphatic heterocycles. The number of esters is 1. The Labute approximate surface area is 219 Å². The molecule has 0 aromatic rings. The average Bonchev–Trinajstić information content (AvgIpc) is 3.41. The second-order valence-corrected chi connectivity index (χ2v) is 12.3. The number of terminal acetylenes is 1. The standard InChI is InChI=1S/C29H40N2O6/c1-5-29(35)13-10-23-21-7-6-18-14-19(8-11-27(18,2)22(21)9-12-28(23,29)3)30-37-17-25(33)31-16-20(32)15-24(31)26(34)36-4/h1,14,20-24,32,35H,6-13,15-17H2,2-4H3/b30-19-/t20?,21?,22?,23?,24?,27-,28-,29+/m0/s1. The molecular formula is C29H40N2O6. The number of fused-ring (bicyclic) bond motifs is 5. The number of β-amino-alcohol motifs (C(OH)–C–C–N with tert-alkyl or cyclic N) is 1. The van der Waals surface area contributed by atoms with Crippen LogP contribution in [0.4, 0.5) is 0 Å². The Morgan fingerprint density at radius 3 is 2.68 bits per heavy atom. The molecule has 2 N–H and O–H groups in total. The number of methoxy groups -OCH3 is 1. The van der Waals surface area contributed by atoms with Gasteiger partial charge >= 0.3 is 5.97 Å². The number of carbonyl (C=O) groups is 2.